The van der Waals surface area contributed by atoms with Crippen LogP contribution >= 0.6 is 21.6 Å². The van der Waals surface area contributed by atoms with E-state index in [9.17, 15) is 8.42 Å². The lowest BCUT2D eigenvalue weighted by atomic mass is 10.2. The van der Waals surface area contributed by atoms with Crippen molar-refractivity contribution in [2.45, 2.75) is 11.8 Å². The van der Waals surface area contributed by atoms with Crippen molar-refractivity contribution < 1.29 is 23.2 Å². The van der Waals surface area contributed by atoms with Crippen LogP contribution in [-0.2, 0) is 10.1 Å². The summed E-state index contributed by atoms with van der Waals surface area (Å²) in [6, 6.07) is 5.99. The molecule has 0 aromatic heterocycles. The van der Waals surface area contributed by atoms with Crippen LogP contribution in [0.4, 0.5) is 0 Å². The third-order valence-corrected chi connectivity index (χ3v) is 4.98. The molecule has 0 aliphatic heterocycles. The van der Waals surface area contributed by atoms with Crippen molar-refractivity contribution >= 4 is 31.7 Å². The van der Waals surface area contributed by atoms with E-state index in [-0.39, 0.29) is 18.1 Å². The van der Waals surface area contributed by atoms with E-state index in [4.69, 9.17) is 14.8 Å². The zero-order valence-electron chi connectivity index (χ0n) is 10.5. The van der Waals surface area contributed by atoms with E-state index in [1.807, 2.05) is 6.92 Å². The van der Waals surface area contributed by atoms with E-state index >= 15 is 0 Å². The number of aliphatic hydroxyl groups is 2. The van der Waals surface area contributed by atoms with Crippen molar-refractivity contribution in [2.24, 2.45) is 0 Å². The van der Waals surface area contributed by atoms with Gasteiger partial charge < -0.3 is 10.2 Å². The molecular weight excluding hydrogens is 308 g/mol. The summed E-state index contributed by atoms with van der Waals surface area (Å²) in [7, 11) is -0.851. The maximum Gasteiger partial charge on any atom is 0.294 e. The summed E-state index contributed by atoms with van der Waals surface area (Å²) in [5.74, 6) is 1.51. The van der Waals surface area contributed by atoms with Crippen LogP contribution in [0.25, 0.3) is 0 Å². The Hall–Kier alpha value is -0.250. The van der Waals surface area contributed by atoms with Crippen LogP contribution in [0.5, 0.6) is 0 Å². The van der Waals surface area contributed by atoms with Gasteiger partial charge in [-0.3, -0.25) is 4.55 Å². The Morgan fingerprint density at radius 3 is 1.74 bits per heavy atom. The summed E-state index contributed by atoms with van der Waals surface area (Å²) >= 11 is 0. The number of aryl methyl sites for hydroxylation is 1. The fraction of sp³-hybridized carbons (Fsp3) is 0.455. The fourth-order valence-corrected chi connectivity index (χ4v) is 2.92. The molecule has 110 valence electrons. The van der Waals surface area contributed by atoms with Crippen molar-refractivity contribution in [3.63, 3.8) is 0 Å². The highest BCUT2D eigenvalue weighted by Gasteiger charge is 2.06. The van der Waals surface area contributed by atoms with Gasteiger partial charge in [-0.05, 0) is 19.1 Å². The number of hydrogen-bond acceptors (Lipinski definition) is 6. The minimum Gasteiger partial charge on any atom is -0.395 e. The quantitative estimate of drug-likeness (QED) is 0.415. The lowest BCUT2D eigenvalue weighted by Crippen LogP contribution is -1.96. The first-order chi connectivity index (χ1) is 8.91. The van der Waals surface area contributed by atoms with Crippen LogP contribution in [0.2, 0.25) is 0 Å². The molecule has 0 amide bonds. The highest BCUT2D eigenvalue weighted by Crippen LogP contribution is 2.18. The monoisotopic (exact) mass is 326 g/mol. The Kier molecular flexibility index (Phi) is 10.4. The van der Waals surface area contributed by atoms with Gasteiger partial charge in [-0.15, -0.1) is 0 Å². The Bertz CT molecular complexity index is 424. The zero-order valence-corrected chi connectivity index (χ0v) is 13.0. The minimum atomic E-state index is -4.02. The van der Waals surface area contributed by atoms with Crippen LogP contribution in [0.15, 0.2) is 29.2 Å². The Balaban J connectivity index is 0.000000362. The van der Waals surface area contributed by atoms with Crippen LogP contribution in [0.3, 0.4) is 0 Å². The third kappa shape index (κ3) is 10.2. The van der Waals surface area contributed by atoms with Crippen molar-refractivity contribution in [1.82, 2.24) is 0 Å². The van der Waals surface area contributed by atoms with E-state index in [1.165, 1.54) is 12.1 Å². The number of aliphatic hydroxyl groups excluding tert-OH is 2. The van der Waals surface area contributed by atoms with E-state index in [2.05, 4.69) is 0 Å². The Labute approximate surface area is 121 Å². The fourth-order valence-electron chi connectivity index (χ4n) is 0.903. The van der Waals surface area contributed by atoms with E-state index < -0.39 is 10.1 Å². The Morgan fingerprint density at radius 1 is 1.00 bits per heavy atom. The molecule has 0 unspecified atom stereocenters. The second kappa shape index (κ2) is 10.5. The van der Waals surface area contributed by atoms with Crippen LogP contribution in [0.1, 0.15) is 5.56 Å². The minimum absolute atomic E-state index is 0.0666. The van der Waals surface area contributed by atoms with Gasteiger partial charge in [0.1, 0.15) is 0 Å². The lowest BCUT2D eigenvalue weighted by Gasteiger charge is -1.95. The van der Waals surface area contributed by atoms with Crippen LogP contribution in [-0.4, -0.2) is 47.9 Å². The number of benzene rings is 1. The second-order valence-corrected chi connectivity index (χ2v) is 7.50. The van der Waals surface area contributed by atoms with Gasteiger partial charge >= 0.3 is 0 Å². The lowest BCUT2D eigenvalue weighted by molar-refractivity contribution is 0.322. The smallest absolute Gasteiger partial charge is 0.294 e. The molecule has 1 aromatic rings. The van der Waals surface area contributed by atoms with Gasteiger partial charge in [-0.1, -0.05) is 39.3 Å². The maximum atomic E-state index is 10.5. The summed E-state index contributed by atoms with van der Waals surface area (Å²) < 4.78 is 29.6. The van der Waals surface area contributed by atoms with Crippen LogP contribution in [0, 0.1) is 6.92 Å². The molecule has 0 heterocycles. The molecule has 0 spiro atoms. The molecule has 1 aromatic carbocycles. The molecule has 1 rings (SSSR count). The van der Waals surface area contributed by atoms with E-state index in [1.54, 1.807) is 33.7 Å². The first kappa shape index (κ1) is 18.8. The summed E-state index contributed by atoms with van der Waals surface area (Å²) in [6.45, 7) is 2.29. The van der Waals surface area contributed by atoms with Gasteiger partial charge in [0.25, 0.3) is 10.1 Å². The molecule has 3 N–H and O–H groups in total. The summed E-state index contributed by atoms with van der Waals surface area (Å²) in [5.41, 5.74) is 0.956. The largest absolute Gasteiger partial charge is 0.395 e. The highest BCUT2D eigenvalue weighted by atomic mass is 33.1. The number of hydrogen-bond donors (Lipinski definition) is 3. The van der Waals surface area contributed by atoms with Crippen molar-refractivity contribution in [1.29, 1.82) is 0 Å². The first-order valence-corrected chi connectivity index (χ1v) is 9.35. The average Bonchev–Trinajstić information content (AvgIpc) is 2.35. The molecule has 8 heteroatoms. The molecule has 0 atom stereocenters. The summed E-state index contributed by atoms with van der Waals surface area (Å²) in [6.07, 6.45) is 0. The predicted molar refractivity (Wildman–Crippen MR) is 80.1 cm³/mol. The van der Waals surface area contributed by atoms with Gasteiger partial charge in [-0.2, -0.15) is 8.42 Å². The summed E-state index contributed by atoms with van der Waals surface area (Å²) in [5, 5.41) is 16.5. The predicted octanol–water partition coefficient (Wildman–Crippen LogP) is 1.59. The number of rotatable bonds is 6. The average molecular weight is 326 g/mol. The maximum absolute atomic E-state index is 10.5. The molecule has 0 saturated carbocycles. The molecule has 5 nitrogen and oxygen atoms in total. The molecule has 0 radical (unpaired) electrons. The Morgan fingerprint density at radius 2 is 1.42 bits per heavy atom. The molecular formula is C11H18O5S3. The SMILES string of the molecule is Cc1ccc(S(=O)(=O)O)cc1.OCCSSCCO. The highest BCUT2D eigenvalue weighted by molar-refractivity contribution is 8.76. The third-order valence-electron chi connectivity index (χ3n) is 1.75. The topological polar surface area (TPSA) is 94.8 Å². The second-order valence-electron chi connectivity index (χ2n) is 3.38. The van der Waals surface area contributed by atoms with Crippen molar-refractivity contribution in [2.75, 3.05) is 24.7 Å². The van der Waals surface area contributed by atoms with E-state index in [0.29, 0.717) is 0 Å². The van der Waals surface area contributed by atoms with Gasteiger partial charge in [0.15, 0.2) is 0 Å². The first-order valence-electron chi connectivity index (χ1n) is 5.42. The molecule has 0 saturated heterocycles. The molecule has 0 fully saturated rings. The normalized spacial score (nSPS) is 10.7. The molecule has 19 heavy (non-hydrogen) atoms. The summed E-state index contributed by atoms with van der Waals surface area (Å²) in [4.78, 5) is -0.0666. The van der Waals surface area contributed by atoms with Gasteiger partial charge in [-0.25, -0.2) is 0 Å². The van der Waals surface area contributed by atoms with E-state index in [0.717, 1.165) is 17.1 Å². The standard InChI is InChI=1S/C7H8O3S.C4H10O2S2/c1-6-2-4-7(5-3-6)11(8,9)10;5-1-3-7-8-4-2-6/h2-5H,1H3,(H,8,9,10);5-6H,1-4H2. The zero-order chi connectivity index (χ0) is 14.7. The van der Waals surface area contributed by atoms with Crippen molar-refractivity contribution in [3.8, 4) is 0 Å². The molecule has 0 bridgehead atoms. The van der Waals surface area contributed by atoms with Gasteiger partial charge in [0.2, 0.25) is 0 Å². The van der Waals surface area contributed by atoms with Gasteiger partial charge in [0, 0.05) is 11.5 Å². The van der Waals surface area contributed by atoms with Gasteiger partial charge in [0.05, 0.1) is 18.1 Å². The molecule has 0 aliphatic rings. The molecule has 0 aliphatic carbocycles. The van der Waals surface area contributed by atoms with Crippen LogP contribution < -0.4 is 0 Å². The van der Waals surface area contributed by atoms with Crippen molar-refractivity contribution in [3.05, 3.63) is 29.8 Å².